The second kappa shape index (κ2) is 3.39. The molecule has 0 amide bonds. The molecule has 0 radical (unpaired) electrons. The summed E-state index contributed by atoms with van der Waals surface area (Å²) in [7, 11) is 0. The van der Waals surface area contributed by atoms with Crippen LogP contribution in [0.4, 0.5) is 0 Å². The first-order chi connectivity index (χ1) is 6.65. The molecule has 0 bridgehead atoms. The highest BCUT2D eigenvalue weighted by molar-refractivity contribution is 5.40. The molecule has 1 aliphatic rings. The van der Waals surface area contributed by atoms with Crippen LogP contribution in [0, 0.1) is 0 Å². The zero-order valence-electron chi connectivity index (χ0n) is 9.30. The van der Waals surface area contributed by atoms with Crippen molar-refractivity contribution in [3.8, 4) is 0 Å². The van der Waals surface area contributed by atoms with Gasteiger partial charge in [0.25, 0.3) is 0 Å². The van der Waals surface area contributed by atoms with Crippen molar-refractivity contribution in [3.05, 3.63) is 35.4 Å². The van der Waals surface area contributed by atoms with E-state index in [1.165, 1.54) is 17.5 Å². The molecule has 1 atom stereocenters. The van der Waals surface area contributed by atoms with Gasteiger partial charge < -0.3 is 5.32 Å². The van der Waals surface area contributed by atoms with Gasteiger partial charge in [-0.05, 0) is 29.5 Å². The average molecular weight is 189 g/mol. The van der Waals surface area contributed by atoms with Gasteiger partial charge in [-0.3, -0.25) is 0 Å². The second-order valence-electron chi connectivity index (χ2n) is 4.79. The maximum absolute atomic E-state index is 3.56. The van der Waals surface area contributed by atoms with Crippen LogP contribution < -0.4 is 5.32 Å². The van der Waals surface area contributed by atoms with Crippen molar-refractivity contribution in [1.82, 2.24) is 5.32 Å². The lowest BCUT2D eigenvalue weighted by Gasteiger charge is -2.19. The Kier molecular flexibility index (Phi) is 2.36. The number of benzene rings is 1. The Morgan fingerprint density at radius 2 is 2.07 bits per heavy atom. The van der Waals surface area contributed by atoms with E-state index in [0.29, 0.717) is 11.5 Å². The van der Waals surface area contributed by atoms with Gasteiger partial charge in [-0.15, -0.1) is 0 Å². The number of fused-ring (bicyclic) bond motifs is 1. The summed E-state index contributed by atoms with van der Waals surface area (Å²) in [6.07, 6.45) is 1.22. The van der Waals surface area contributed by atoms with Gasteiger partial charge in [-0.25, -0.2) is 0 Å². The monoisotopic (exact) mass is 189 g/mol. The van der Waals surface area contributed by atoms with Crippen LogP contribution in [-0.2, 0) is 5.41 Å². The van der Waals surface area contributed by atoms with Crippen LogP contribution in [0.5, 0.6) is 0 Å². The summed E-state index contributed by atoms with van der Waals surface area (Å²) in [6.45, 7) is 7.90. The van der Waals surface area contributed by atoms with E-state index in [4.69, 9.17) is 0 Å². The molecule has 0 heterocycles. The van der Waals surface area contributed by atoms with Crippen molar-refractivity contribution in [2.45, 2.75) is 38.6 Å². The quantitative estimate of drug-likeness (QED) is 0.754. The summed E-state index contributed by atoms with van der Waals surface area (Å²) < 4.78 is 0. The maximum atomic E-state index is 3.56. The molecule has 14 heavy (non-hydrogen) atoms. The van der Waals surface area contributed by atoms with Crippen molar-refractivity contribution >= 4 is 0 Å². The smallest absolute Gasteiger partial charge is 0.0331 e. The third kappa shape index (κ3) is 1.46. The van der Waals surface area contributed by atoms with Gasteiger partial charge >= 0.3 is 0 Å². The molecule has 1 aliphatic carbocycles. The molecular formula is C13H19N. The summed E-state index contributed by atoms with van der Waals surface area (Å²) in [6, 6.07) is 9.38. The zero-order valence-corrected chi connectivity index (χ0v) is 9.30. The van der Waals surface area contributed by atoms with E-state index in [9.17, 15) is 0 Å². The van der Waals surface area contributed by atoms with Gasteiger partial charge in [0.2, 0.25) is 0 Å². The van der Waals surface area contributed by atoms with Gasteiger partial charge in [-0.2, -0.15) is 0 Å². The van der Waals surface area contributed by atoms with Crippen LogP contribution >= 0.6 is 0 Å². The minimum absolute atomic E-state index is 0.337. The molecule has 1 N–H and O–H groups in total. The molecule has 1 aromatic rings. The molecule has 0 aliphatic heterocycles. The normalized spacial score (nSPS) is 23.5. The largest absolute Gasteiger partial charge is 0.310 e. The van der Waals surface area contributed by atoms with Crippen LogP contribution in [0.25, 0.3) is 0 Å². The summed E-state index contributed by atoms with van der Waals surface area (Å²) in [5.74, 6) is 0. The lowest BCUT2D eigenvalue weighted by Crippen LogP contribution is -2.20. The molecule has 1 nitrogen and oxygen atoms in total. The first-order valence-corrected chi connectivity index (χ1v) is 5.48. The summed E-state index contributed by atoms with van der Waals surface area (Å²) in [5, 5.41) is 3.56. The number of nitrogens with one attached hydrogen (secondary N) is 1. The zero-order chi connectivity index (χ0) is 10.2. The highest BCUT2D eigenvalue weighted by atomic mass is 14.9. The average Bonchev–Trinajstić information content (AvgIpc) is 2.41. The van der Waals surface area contributed by atoms with Gasteiger partial charge in [0, 0.05) is 6.04 Å². The van der Waals surface area contributed by atoms with Gasteiger partial charge in [-0.1, -0.05) is 45.0 Å². The Labute approximate surface area is 86.5 Å². The van der Waals surface area contributed by atoms with Gasteiger partial charge in [0.15, 0.2) is 0 Å². The van der Waals surface area contributed by atoms with Crippen molar-refractivity contribution < 1.29 is 0 Å². The van der Waals surface area contributed by atoms with Crippen molar-refractivity contribution in [2.75, 3.05) is 6.54 Å². The summed E-state index contributed by atoms with van der Waals surface area (Å²) >= 11 is 0. The minimum Gasteiger partial charge on any atom is -0.310 e. The molecule has 0 saturated carbocycles. The third-order valence-corrected chi connectivity index (χ3v) is 3.23. The molecular weight excluding hydrogens is 170 g/mol. The third-order valence-electron chi connectivity index (χ3n) is 3.23. The second-order valence-corrected chi connectivity index (χ2v) is 4.79. The van der Waals surface area contributed by atoms with E-state index < -0.39 is 0 Å². The molecule has 0 fully saturated rings. The molecule has 1 heteroatoms. The first kappa shape index (κ1) is 9.72. The van der Waals surface area contributed by atoms with Crippen molar-refractivity contribution in [1.29, 1.82) is 0 Å². The molecule has 0 aromatic heterocycles. The van der Waals surface area contributed by atoms with Crippen molar-refractivity contribution in [2.24, 2.45) is 0 Å². The fourth-order valence-electron chi connectivity index (χ4n) is 2.58. The van der Waals surface area contributed by atoms with Gasteiger partial charge in [0.1, 0.15) is 0 Å². The van der Waals surface area contributed by atoms with Crippen LogP contribution in [0.1, 0.15) is 44.4 Å². The van der Waals surface area contributed by atoms with E-state index in [2.05, 4.69) is 50.4 Å². The molecule has 1 unspecified atom stereocenters. The highest BCUT2D eigenvalue weighted by Crippen LogP contribution is 2.44. The van der Waals surface area contributed by atoms with E-state index in [1.54, 1.807) is 0 Å². The van der Waals surface area contributed by atoms with Crippen molar-refractivity contribution in [3.63, 3.8) is 0 Å². The Morgan fingerprint density at radius 3 is 2.79 bits per heavy atom. The molecule has 0 saturated heterocycles. The standard InChI is InChI=1S/C13H19N/c1-4-14-12-9-13(2,3)11-8-6-5-7-10(11)12/h5-8,12,14H,4,9H2,1-3H3. The SMILES string of the molecule is CCNC1CC(C)(C)c2ccccc21. The van der Waals surface area contributed by atoms with E-state index in [0.717, 1.165) is 6.54 Å². The molecule has 0 spiro atoms. The summed E-state index contributed by atoms with van der Waals surface area (Å²) in [4.78, 5) is 0. The van der Waals surface area contributed by atoms with Crippen LogP contribution in [-0.4, -0.2) is 6.54 Å². The number of hydrogen-bond acceptors (Lipinski definition) is 1. The van der Waals surface area contributed by atoms with E-state index in [-0.39, 0.29) is 0 Å². The topological polar surface area (TPSA) is 12.0 Å². The lowest BCUT2D eigenvalue weighted by molar-refractivity contribution is 0.434. The van der Waals surface area contributed by atoms with E-state index >= 15 is 0 Å². The van der Waals surface area contributed by atoms with Crippen LogP contribution in [0.2, 0.25) is 0 Å². The fourth-order valence-corrected chi connectivity index (χ4v) is 2.58. The predicted molar refractivity (Wildman–Crippen MR) is 60.5 cm³/mol. The maximum Gasteiger partial charge on any atom is 0.0331 e. The highest BCUT2D eigenvalue weighted by Gasteiger charge is 2.35. The lowest BCUT2D eigenvalue weighted by atomic mass is 9.86. The predicted octanol–water partition coefficient (Wildman–Crippen LogP) is 3.02. The Hall–Kier alpha value is -0.820. The Balaban J connectivity index is 2.39. The Bertz CT molecular complexity index is 328. The number of rotatable bonds is 2. The Morgan fingerprint density at radius 1 is 1.36 bits per heavy atom. The van der Waals surface area contributed by atoms with Gasteiger partial charge in [0.05, 0.1) is 0 Å². The number of hydrogen-bond donors (Lipinski definition) is 1. The molecule has 2 rings (SSSR count). The molecule has 1 aromatic carbocycles. The molecule has 76 valence electrons. The van der Waals surface area contributed by atoms with Crippen LogP contribution in [0.3, 0.4) is 0 Å². The first-order valence-electron chi connectivity index (χ1n) is 5.48. The van der Waals surface area contributed by atoms with Crippen LogP contribution in [0.15, 0.2) is 24.3 Å². The fraction of sp³-hybridized carbons (Fsp3) is 0.538. The minimum atomic E-state index is 0.337. The summed E-state index contributed by atoms with van der Waals surface area (Å²) in [5.41, 5.74) is 3.36. The van der Waals surface area contributed by atoms with E-state index in [1.807, 2.05) is 0 Å².